The molecular weight excluding hydrogens is 268 g/mol. The molecule has 0 amide bonds. The van der Waals surface area contributed by atoms with Gasteiger partial charge in [0.2, 0.25) is 0 Å². The second kappa shape index (κ2) is 6.38. The van der Waals surface area contributed by atoms with Crippen LogP contribution in [-0.4, -0.2) is 12.9 Å². The maximum Gasteiger partial charge on any atom is 0.158 e. The zero-order valence-corrected chi connectivity index (χ0v) is 10.9. The highest BCUT2D eigenvalue weighted by Crippen LogP contribution is 2.16. The smallest absolute Gasteiger partial charge is 0.158 e. The first-order chi connectivity index (χ1) is 7.88. The van der Waals surface area contributed by atoms with Gasteiger partial charge in [0.15, 0.2) is 6.29 Å². The molecule has 1 aliphatic rings. The molecule has 16 heavy (non-hydrogen) atoms. The standard InChI is InChI=1S/C13H17BrO2/c14-9-11-4-6-12(7-5-11)10-16-13-3-1-2-8-15-13/h4-7,13H,1-3,8-10H2/t13-/m1/s1. The summed E-state index contributed by atoms with van der Waals surface area (Å²) in [5.41, 5.74) is 2.50. The van der Waals surface area contributed by atoms with E-state index in [1.807, 2.05) is 0 Å². The molecule has 1 heterocycles. The molecule has 1 aliphatic heterocycles. The van der Waals surface area contributed by atoms with Crippen LogP contribution in [0.1, 0.15) is 30.4 Å². The van der Waals surface area contributed by atoms with Crippen molar-refractivity contribution in [3.05, 3.63) is 35.4 Å². The van der Waals surface area contributed by atoms with Crippen molar-refractivity contribution in [3.8, 4) is 0 Å². The number of halogens is 1. The first-order valence-corrected chi connectivity index (χ1v) is 6.87. The van der Waals surface area contributed by atoms with Gasteiger partial charge < -0.3 is 9.47 Å². The number of benzene rings is 1. The minimum atomic E-state index is 0.00426. The average Bonchev–Trinajstić information content (AvgIpc) is 2.38. The Labute approximate surface area is 105 Å². The van der Waals surface area contributed by atoms with E-state index < -0.39 is 0 Å². The third kappa shape index (κ3) is 3.58. The van der Waals surface area contributed by atoms with E-state index in [0.717, 1.165) is 18.4 Å². The van der Waals surface area contributed by atoms with Crippen LogP contribution in [0.15, 0.2) is 24.3 Å². The summed E-state index contributed by atoms with van der Waals surface area (Å²) < 4.78 is 11.2. The van der Waals surface area contributed by atoms with E-state index in [9.17, 15) is 0 Å². The molecule has 0 aromatic heterocycles. The van der Waals surface area contributed by atoms with E-state index in [4.69, 9.17) is 9.47 Å². The summed E-state index contributed by atoms with van der Waals surface area (Å²) in [7, 11) is 0. The van der Waals surface area contributed by atoms with Crippen molar-refractivity contribution in [2.24, 2.45) is 0 Å². The first kappa shape index (κ1) is 12.1. The highest BCUT2D eigenvalue weighted by Gasteiger charge is 2.13. The molecule has 0 aliphatic carbocycles. The van der Waals surface area contributed by atoms with Gasteiger partial charge >= 0.3 is 0 Å². The van der Waals surface area contributed by atoms with Crippen LogP contribution in [0.3, 0.4) is 0 Å². The normalized spacial score (nSPS) is 20.9. The van der Waals surface area contributed by atoms with Gasteiger partial charge in [-0.05, 0) is 30.4 Å². The Kier molecular flexibility index (Phi) is 4.82. The van der Waals surface area contributed by atoms with Gasteiger partial charge in [0.25, 0.3) is 0 Å². The molecule has 1 atom stereocenters. The Bertz CT molecular complexity index is 304. The number of hydrogen-bond donors (Lipinski definition) is 0. The van der Waals surface area contributed by atoms with Crippen molar-refractivity contribution in [3.63, 3.8) is 0 Å². The lowest BCUT2D eigenvalue weighted by Gasteiger charge is -2.22. The lowest BCUT2D eigenvalue weighted by atomic mass is 10.1. The quantitative estimate of drug-likeness (QED) is 0.787. The fraction of sp³-hybridized carbons (Fsp3) is 0.538. The molecule has 0 spiro atoms. The number of ether oxygens (including phenoxy) is 2. The average molecular weight is 285 g/mol. The highest BCUT2D eigenvalue weighted by molar-refractivity contribution is 9.08. The number of hydrogen-bond acceptors (Lipinski definition) is 2. The SMILES string of the molecule is BrCc1ccc(CO[C@@H]2CCCCO2)cc1. The Morgan fingerprint density at radius 3 is 2.56 bits per heavy atom. The van der Waals surface area contributed by atoms with E-state index in [1.54, 1.807) is 0 Å². The van der Waals surface area contributed by atoms with Gasteiger partial charge in [-0.1, -0.05) is 40.2 Å². The molecule has 0 unspecified atom stereocenters. The third-order valence-electron chi connectivity index (χ3n) is 2.75. The largest absolute Gasteiger partial charge is 0.353 e. The van der Waals surface area contributed by atoms with Crippen LogP contribution >= 0.6 is 15.9 Å². The van der Waals surface area contributed by atoms with Crippen molar-refractivity contribution < 1.29 is 9.47 Å². The molecule has 0 N–H and O–H groups in total. The van der Waals surface area contributed by atoms with Gasteiger partial charge in [-0.25, -0.2) is 0 Å². The predicted molar refractivity (Wildman–Crippen MR) is 67.5 cm³/mol. The Balaban J connectivity index is 1.79. The van der Waals surface area contributed by atoms with E-state index in [-0.39, 0.29) is 6.29 Å². The van der Waals surface area contributed by atoms with Gasteiger partial charge in [0.05, 0.1) is 6.61 Å². The molecule has 2 rings (SSSR count). The fourth-order valence-corrected chi connectivity index (χ4v) is 2.13. The van der Waals surface area contributed by atoms with E-state index in [1.165, 1.54) is 24.0 Å². The fourth-order valence-electron chi connectivity index (χ4n) is 1.76. The predicted octanol–water partition coefficient (Wildman–Crippen LogP) is 3.62. The van der Waals surface area contributed by atoms with Crippen molar-refractivity contribution in [1.82, 2.24) is 0 Å². The van der Waals surface area contributed by atoms with Crippen LogP contribution in [0.5, 0.6) is 0 Å². The van der Waals surface area contributed by atoms with E-state index in [2.05, 4.69) is 40.2 Å². The molecule has 0 bridgehead atoms. The van der Waals surface area contributed by atoms with E-state index >= 15 is 0 Å². The second-order valence-electron chi connectivity index (χ2n) is 4.06. The number of rotatable bonds is 4. The van der Waals surface area contributed by atoms with Gasteiger partial charge in [0, 0.05) is 11.9 Å². The molecule has 1 fully saturated rings. The Morgan fingerprint density at radius 2 is 1.94 bits per heavy atom. The maximum atomic E-state index is 5.71. The van der Waals surface area contributed by atoms with Crippen LogP contribution < -0.4 is 0 Å². The lowest BCUT2D eigenvalue weighted by molar-refractivity contribution is -0.168. The molecule has 3 heteroatoms. The lowest BCUT2D eigenvalue weighted by Crippen LogP contribution is -2.21. The molecule has 0 saturated carbocycles. The molecule has 2 nitrogen and oxygen atoms in total. The summed E-state index contributed by atoms with van der Waals surface area (Å²) >= 11 is 3.43. The maximum absolute atomic E-state index is 5.71. The zero-order valence-electron chi connectivity index (χ0n) is 9.32. The minimum Gasteiger partial charge on any atom is -0.353 e. The monoisotopic (exact) mass is 284 g/mol. The van der Waals surface area contributed by atoms with Crippen molar-refractivity contribution >= 4 is 15.9 Å². The Morgan fingerprint density at radius 1 is 1.19 bits per heavy atom. The van der Waals surface area contributed by atoms with Crippen LogP contribution in [-0.2, 0) is 21.4 Å². The van der Waals surface area contributed by atoms with Gasteiger partial charge in [-0.2, -0.15) is 0 Å². The van der Waals surface area contributed by atoms with Crippen LogP contribution in [0, 0.1) is 0 Å². The minimum absolute atomic E-state index is 0.00426. The van der Waals surface area contributed by atoms with Crippen LogP contribution in [0.25, 0.3) is 0 Å². The van der Waals surface area contributed by atoms with Crippen LogP contribution in [0.2, 0.25) is 0 Å². The molecule has 1 saturated heterocycles. The van der Waals surface area contributed by atoms with Crippen molar-refractivity contribution in [2.75, 3.05) is 6.61 Å². The van der Waals surface area contributed by atoms with E-state index in [0.29, 0.717) is 6.61 Å². The topological polar surface area (TPSA) is 18.5 Å². The summed E-state index contributed by atoms with van der Waals surface area (Å²) in [6.45, 7) is 1.49. The first-order valence-electron chi connectivity index (χ1n) is 5.75. The summed E-state index contributed by atoms with van der Waals surface area (Å²) in [6, 6.07) is 8.46. The molecule has 1 aromatic carbocycles. The highest BCUT2D eigenvalue weighted by atomic mass is 79.9. The molecular formula is C13H17BrO2. The third-order valence-corrected chi connectivity index (χ3v) is 3.40. The summed E-state index contributed by atoms with van der Waals surface area (Å²) in [5.74, 6) is 0. The van der Waals surface area contributed by atoms with Gasteiger partial charge in [-0.3, -0.25) is 0 Å². The van der Waals surface area contributed by atoms with Crippen molar-refractivity contribution in [1.29, 1.82) is 0 Å². The summed E-state index contributed by atoms with van der Waals surface area (Å²) in [6.07, 6.45) is 3.41. The summed E-state index contributed by atoms with van der Waals surface area (Å²) in [5, 5.41) is 0.903. The second-order valence-corrected chi connectivity index (χ2v) is 4.62. The Hall–Kier alpha value is -0.380. The van der Waals surface area contributed by atoms with Crippen LogP contribution in [0.4, 0.5) is 0 Å². The zero-order chi connectivity index (χ0) is 11.2. The van der Waals surface area contributed by atoms with Gasteiger partial charge in [0.1, 0.15) is 0 Å². The molecule has 88 valence electrons. The summed E-state index contributed by atoms with van der Waals surface area (Å²) in [4.78, 5) is 0. The molecule has 1 aromatic rings. The number of alkyl halides is 1. The van der Waals surface area contributed by atoms with Crippen molar-refractivity contribution in [2.45, 2.75) is 37.5 Å². The molecule has 0 radical (unpaired) electrons. The van der Waals surface area contributed by atoms with Gasteiger partial charge in [-0.15, -0.1) is 0 Å².